The van der Waals surface area contributed by atoms with E-state index in [-0.39, 0.29) is 18.1 Å². The maximum Gasteiger partial charge on any atom is 0.266 e. The average Bonchev–Trinajstić information content (AvgIpc) is 3.22. The van der Waals surface area contributed by atoms with Gasteiger partial charge in [-0.05, 0) is 43.3 Å². The number of hydrogen-bond acceptors (Lipinski definition) is 5. The number of morpholine rings is 1. The number of carbonyl (C=O) groups is 1. The van der Waals surface area contributed by atoms with Gasteiger partial charge in [-0.3, -0.25) is 4.79 Å². The molecule has 0 spiro atoms. The molecule has 0 radical (unpaired) electrons. The minimum atomic E-state index is -0.0323. The van der Waals surface area contributed by atoms with Crippen LogP contribution in [-0.4, -0.2) is 54.3 Å². The van der Waals surface area contributed by atoms with Crippen LogP contribution in [0.5, 0.6) is 0 Å². The highest BCUT2D eigenvalue weighted by atomic mass is 32.1. The number of nitrogens with one attached hydrogen (secondary N) is 1. The number of ether oxygens (including phenoxy) is 2. The van der Waals surface area contributed by atoms with Crippen molar-refractivity contribution in [3.8, 4) is 0 Å². The third-order valence-corrected chi connectivity index (χ3v) is 4.61. The summed E-state index contributed by atoms with van der Waals surface area (Å²) < 4.78 is 16.9. The Morgan fingerprint density at radius 2 is 2.13 bits per heavy atom. The van der Waals surface area contributed by atoms with Crippen LogP contribution in [-0.2, 0) is 9.47 Å². The molecule has 0 bridgehead atoms. The Morgan fingerprint density at radius 1 is 1.26 bits per heavy atom. The molecule has 1 N–H and O–H groups in total. The summed E-state index contributed by atoms with van der Waals surface area (Å²) >= 11 is 4.98. The highest BCUT2D eigenvalue weighted by molar-refractivity contribution is 7.71. The van der Waals surface area contributed by atoms with Crippen molar-refractivity contribution in [3.05, 3.63) is 28.6 Å². The topological polar surface area (TPSA) is 67.7 Å². The summed E-state index contributed by atoms with van der Waals surface area (Å²) in [5, 5.41) is 0. The van der Waals surface area contributed by atoms with Crippen molar-refractivity contribution in [2.45, 2.75) is 25.0 Å². The largest absolute Gasteiger partial charge is 0.429 e. The summed E-state index contributed by atoms with van der Waals surface area (Å²) in [7, 11) is 0. The Bertz CT molecular complexity index is 778. The number of hydrogen-bond donors (Lipinski definition) is 1. The Balaban J connectivity index is 1.53. The first-order chi connectivity index (χ1) is 11.2. The maximum absolute atomic E-state index is 12.8. The van der Waals surface area contributed by atoms with Crippen molar-refractivity contribution in [2.24, 2.45) is 0 Å². The standard InChI is InChI=1S/C16H18N2O4S/c19-15(10-3-4-11-13(8-10)22-16(23)17-11)18-5-7-21-14(9-18)12-2-1-6-20-12/h3-4,8,12,14H,1-2,5-7,9H2,(H,17,23)/t12-,14+/m0/s1. The van der Waals surface area contributed by atoms with Crippen molar-refractivity contribution >= 4 is 29.2 Å². The molecule has 2 aromatic rings. The van der Waals surface area contributed by atoms with Crippen molar-refractivity contribution < 1.29 is 18.7 Å². The van der Waals surface area contributed by atoms with Crippen LogP contribution >= 0.6 is 12.2 Å². The van der Waals surface area contributed by atoms with E-state index in [9.17, 15) is 4.79 Å². The van der Waals surface area contributed by atoms with Gasteiger partial charge in [-0.1, -0.05) is 0 Å². The number of H-pyrrole nitrogens is 1. The van der Waals surface area contributed by atoms with Crippen LogP contribution in [0.1, 0.15) is 23.2 Å². The predicted molar refractivity (Wildman–Crippen MR) is 86.0 cm³/mol. The first-order valence-electron chi connectivity index (χ1n) is 7.86. The number of nitrogens with zero attached hydrogens (tertiary/aromatic N) is 1. The van der Waals surface area contributed by atoms with E-state index in [1.807, 2.05) is 11.0 Å². The van der Waals surface area contributed by atoms with Gasteiger partial charge in [-0.25, -0.2) is 0 Å². The van der Waals surface area contributed by atoms with Crippen LogP contribution < -0.4 is 0 Å². The molecule has 4 rings (SSSR count). The molecular weight excluding hydrogens is 316 g/mol. The Labute approximate surface area is 138 Å². The molecular formula is C16H18N2O4S. The number of amides is 1. The molecule has 2 aliphatic rings. The zero-order chi connectivity index (χ0) is 15.8. The number of oxazole rings is 1. The van der Waals surface area contributed by atoms with E-state index in [4.69, 9.17) is 26.1 Å². The zero-order valence-electron chi connectivity index (χ0n) is 12.6. The van der Waals surface area contributed by atoms with Crippen LogP contribution in [0.25, 0.3) is 11.1 Å². The summed E-state index contributed by atoms with van der Waals surface area (Å²) in [4.78, 5) is 17.8. The van der Waals surface area contributed by atoms with Gasteiger partial charge in [0.25, 0.3) is 10.7 Å². The van der Waals surface area contributed by atoms with Crippen LogP contribution in [0.2, 0.25) is 0 Å². The first-order valence-corrected chi connectivity index (χ1v) is 8.27. The molecule has 0 aliphatic carbocycles. The quantitative estimate of drug-likeness (QED) is 0.855. The van der Waals surface area contributed by atoms with Gasteiger partial charge in [0.1, 0.15) is 6.10 Å². The Morgan fingerprint density at radius 3 is 2.96 bits per heavy atom. The van der Waals surface area contributed by atoms with Gasteiger partial charge < -0.3 is 23.8 Å². The number of aromatic nitrogens is 1. The molecule has 2 fully saturated rings. The maximum atomic E-state index is 12.8. The van der Waals surface area contributed by atoms with E-state index in [1.165, 1.54) is 0 Å². The third kappa shape index (κ3) is 2.91. The van der Waals surface area contributed by atoms with E-state index < -0.39 is 0 Å². The zero-order valence-corrected chi connectivity index (χ0v) is 13.4. The highest BCUT2D eigenvalue weighted by Gasteiger charge is 2.33. The van der Waals surface area contributed by atoms with Crippen molar-refractivity contribution in [1.82, 2.24) is 9.88 Å². The van der Waals surface area contributed by atoms with Gasteiger partial charge in [-0.15, -0.1) is 0 Å². The van der Waals surface area contributed by atoms with Crippen molar-refractivity contribution in [1.29, 1.82) is 0 Å². The fourth-order valence-corrected chi connectivity index (χ4v) is 3.44. The molecule has 0 unspecified atom stereocenters. The summed E-state index contributed by atoms with van der Waals surface area (Å²) in [6, 6.07) is 5.35. The summed E-state index contributed by atoms with van der Waals surface area (Å²) in [6.45, 7) is 2.49. The molecule has 7 heteroatoms. The highest BCUT2D eigenvalue weighted by Crippen LogP contribution is 2.23. The first kappa shape index (κ1) is 14.9. The van der Waals surface area contributed by atoms with Gasteiger partial charge in [0.05, 0.1) is 18.2 Å². The molecule has 2 saturated heterocycles. The number of aromatic amines is 1. The monoisotopic (exact) mass is 334 g/mol. The van der Waals surface area contributed by atoms with E-state index in [0.29, 0.717) is 35.7 Å². The smallest absolute Gasteiger partial charge is 0.266 e. The number of benzene rings is 1. The second-order valence-electron chi connectivity index (χ2n) is 5.94. The van der Waals surface area contributed by atoms with Gasteiger partial charge in [0.15, 0.2) is 5.58 Å². The lowest BCUT2D eigenvalue weighted by Gasteiger charge is -2.35. The van der Waals surface area contributed by atoms with E-state index in [1.54, 1.807) is 12.1 Å². The molecule has 1 amide bonds. The van der Waals surface area contributed by atoms with E-state index in [2.05, 4.69) is 4.98 Å². The number of fused-ring (bicyclic) bond motifs is 1. The molecule has 1 aromatic carbocycles. The van der Waals surface area contributed by atoms with Crippen LogP contribution in [0.15, 0.2) is 22.6 Å². The van der Waals surface area contributed by atoms with E-state index in [0.717, 1.165) is 25.0 Å². The van der Waals surface area contributed by atoms with Gasteiger partial charge >= 0.3 is 0 Å². The van der Waals surface area contributed by atoms with Crippen molar-refractivity contribution in [3.63, 3.8) is 0 Å². The third-order valence-electron chi connectivity index (χ3n) is 4.43. The Kier molecular flexibility index (Phi) is 3.92. The minimum absolute atomic E-state index is 0.0134. The fraction of sp³-hybridized carbons (Fsp3) is 0.500. The minimum Gasteiger partial charge on any atom is -0.429 e. The summed E-state index contributed by atoms with van der Waals surface area (Å²) in [5.41, 5.74) is 2.00. The lowest BCUT2D eigenvalue weighted by Crippen LogP contribution is -2.49. The fourth-order valence-electron chi connectivity index (χ4n) is 3.24. The average molecular weight is 334 g/mol. The number of carbonyl (C=O) groups excluding carboxylic acids is 1. The molecule has 23 heavy (non-hydrogen) atoms. The molecule has 2 aliphatic heterocycles. The van der Waals surface area contributed by atoms with Gasteiger partial charge in [-0.2, -0.15) is 0 Å². The second kappa shape index (κ2) is 6.07. The van der Waals surface area contributed by atoms with Gasteiger partial charge in [0.2, 0.25) is 0 Å². The van der Waals surface area contributed by atoms with Crippen LogP contribution in [0, 0.1) is 4.84 Å². The van der Waals surface area contributed by atoms with Crippen LogP contribution in [0.3, 0.4) is 0 Å². The predicted octanol–water partition coefficient (Wildman–Crippen LogP) is 2.51. The van der Waals surface area contributed by atoms with Crippen LogP contribution in [0.4, 0.5) is 0 Å². The second-order valence-corrected chi connectivity index (χ2v) is 6.31. The molecule has 3 heterocycles. The summed E-state index contributed by atoms with van der Waals surface area (Å²) in [6.07, 6.45) is 2.14. The molecule has 122 valence electrons. The molecule has 6 nitrogen and oxygen atoms in total. The SMILES string of the molecule is O=C(c1ccc2[nH]c(=S)oc2c1)N1CCO[C@@H]([C@@H]2CCCO2)C1. The lowest BCUT2D eigenvalue weighted by atomic mass is 10.1. The van der Waals surface area contributed by atoms with Gasteiger partial charge in [0, 0.05) is 25.3 Å². The van der Waals surface area contributed by atoms with Crippen molar-refractivity contribution in [2.75, 3.05) is 26.3 Å². The summed E-state index contributed by atoms with van der Waals surface area (Å²) in [5.74, 6) is -0.0134. The normalized spacial score (nSPS) is 25.1. The molecule has 1 aromatic heterocycles. The number of rotatable bonds is 2. The molecule has 2 atom stereocenters. The van der Waals surface area contributed by atoms with E-state index >= 15 is 0 Å². The Hall–Kier alpha value is -1.70. The lowest BCUT2D eigenvalue weighted by molar-refractivity contribution is -0.0867. The molecule has 0 saturated carbocycles.